The second kappa shape index (κ2) is 8.71. The van der Waals surface area contributed by atoms with Crippen molar-refractivity contribution in [1.29, 1.82) is 0 Å². The predicted molar refractivity (Wildman–Crippen MR) is 124 cm³/mol. The van der Waals surface area contributed by atoms with Crippen molar-refractivity contribution in [2.45, 2.75) is 26.4 Å². The van der Waals surface area contributed by atoms with Crippen molar-refractivity contribution in [2.24, 2.45) is 0 Å². The molecule has 1 aliphatic rings. The van der Waals surface area contributed by atoms with E-state index in [0.717, 1.165) is 21.2 Å². The van der Waals surface area contributed by atoms with Gasteiger partial charge >= 0.3 is 0 Å². The van der Waals surface area contributed by atoms with E-state index in [4.69, 9.17) is 0 Å². The highest BCUT2D eigenvalue weighted by Gasteiger charge is 2.46. The van der Waals surface area contributed by atoms with Gasteiger partial charge in [0.15, 0.2) is 0 Å². The van der Waals surface area contributed by atoms with Gasteiger partial charge in [-0.15, -0.1) is 0 Å². The molecule has 4 nitrogen and oxygen atoms in total. The Bertz CT molecular complexity index is 1250. The third-order valence-electron chi connectivity index (χ3n) is 5.60. The average Bonchev–Trinajstić information content (AvgIpc) is 3.01. The van der Waals surface area contributed by atoms with Crippen LogP contribution in [0.1, 0.15) is 33.9 Å². The molecule has 1 N–H and O–H groups in total. The molecular formula is C26H21BrFNO3. The number of aryl methyl sites for hydroxylation is 2. The fraction of sp³-hybridized carbons (Fsp3) is 0.154. The molecule has 0 radical (unpaired) electrons. The second-order valence-corrected chi connectivity index (χ2v) is 8.79. The Balaban J connectivity index is 1.87. The first-order valence-corrected chi connectivity index (χ1v) is 10.9. The number of rotatable bonds is 4. The number of carbonyl (C=O) groups excluding carboxylic acids is 2. The van der Waals surface area contributed by atoms with Gasteiger partial charge in [-0.1, -0.05) is 64.0 Å². The molecule has 1 atom stereocenters. The number of hydrogen-bond donors (Lipinski definition) is 1. The van der Waals surface area contributed by atoms with Gasteiger partial charge in [-0.3, -0.25) is 9.59 Å². The lowest BCUT2D eigenvalue weighted by atomic mass is 9.94. The van der Waals surface area contributed by atoms with Crippen molar-refractivity contribution in [3.05, 3.63) is 110 Å². The molecule has 3 aromatic rings. The Morgan fingerprint density at radius 3 is 2.41 bits per heavy atom. The fourth-order valence-electron chi connectivity index (χ4n) is 3.96. The summed E-state index contributed by atoms with van der Waals surface area (Å²) in [6.45, 7) is 3.92. The van der Waals surface area contributed by atoms with E-state index in [-0.39, 0.29) is 23.7 Å². The van der Waals surface area contributed by atoms with Crippen LogP contribution in [0.15, 0.2) is 76.8 Å². The molecule has 1 aliphatic heterocycles. The third kappa shape index (κ3) is 4.10. The second-order valence-electron chi connectivity index (χ2n) is 7.93. The summed E-state index contributed by atoms with van der Waals surface area (Å²) in [7, 11) is 0. The number of ketones is 1. The lowest BCUT2D eigenvalue weighted by molar-refractivity contribution is -0.140. The zero-order valence-electron chi connectivity index (χ0n) is 17.6. The van der Waals surface area contributed by atoms with Crippen molar-refractivity contribution in [3.63, 3.8) is 0 Å². The van der Waals surface area contributed by atoms with Crippen LogP contribution in [0.3, 0.4) is 0 Å². The van der Waals surface area contributed by atoms with E-state index in [1.807, 2.05) is 38.1 Å². The third-order valence-corrected chi connectivity index (χ3v) is 6.49. The first kappa shape index (κ1) is 22.0. The monoisotopic (exact) mass is 493 g/mol. The van der Waals surface area contributed by atoms with Gasteiger partial charge < -0.3 is 10.0 Å². The number of aliphatic hydroxyl groups excluding tert-OH is 1. The molecule has 1 unspecified atom stereocenters. The number of benzene rings is 3. The van der Waals surface area contributed by atoms with Crippen molar-refractivity contribution < 1.29 is 19.1 Å². The number of aliphatic hydroxyl groups is 1. The van der Waals surface area contributed by atoms with E-state index in [0.29, 0.717) is 11.1 Å². The van der Waals surface area contributed by atoms with Crippen molar-refractivity contribution in [3.8, 4) is 0 Å². The summed E-state index contributed by atoms with van der Waals surface area (Å²) in [6.07, 6.45) is 0. The molecule has 1 fully saturated rings. The van der Waals surface area contributed by atoms with E-state index in [2.05, 4.69) is 15.9 Å². The molecule has 0 saturated carbocycles. The molecule has 4 rings (SSSR count). The Morgan fingerprint density at radius 2 is 1.75 bits per heavy atom. The minimum atomic E-state index is -0.760. The molecule has 32 heavy (non-hydrogen) atoms. The van der Waals surface area contributed by atoms with Crippen molar-refractivity contribution in [1.82, 2.24) is 4.90 Å². The summed E-state index contributed by atoms with van der Waals surface area (Å²) < 4.78 is 14.2. The highest BCUT2D eigenvalue weighted by Crippen LogP contribution is 2.40. The Kier molecular flexibility index (Phi) is 5.98. The summed E-state index contributed by atoms with van der Waals surface area (Å²) in [5.74, 6) is -2.03. The number of hydrogen-bond acceptors (Lipinski definition) is 3. The first-order valence-electron chi connectivity index (χ1n) is 10.1. The molecule has 0 aliphatic carbocycles. The maximum Gasteiger partial charge on any atom is 0.295 e. The molecule has 3 aromatic carbocycles. The molecule has 1 saturated heterocycles. The topological polar surface area (TPSA) is 57.6 Å². The summed E-state index contributed by atoms with van der Waals surface area (Å²) in [5, 5.41) is 11.2. The number of amides is 1. The standard InChI is InChI=1S/C26H21BrFNO3/c1-15-4-3-5-18(12-15)23-22(24(30)19-8-11-21(27)16(2)13-19)25(31)26(32)29(23)14-17-6-9-20(28)10-7-17/h3-13,23,30H,14H2,1-2H3/b24-22-. The van der Waals surface area contributed by atoms with Crippen LogP contribution in [-0.2, 0) is 16.1 Å². The number of Topliss-reactive ketones (excluding diaryl/α,β-unsaturated/α-hetero) is 1. The molecule has 0 spiro atoms. The van der Waals surface area contributed by atoms with Crippen LogP contribution in [0.25, 0.3) is 5.76 Å². The van der Waals surface area contributed by atoms with Gasteiger partial charge in [0, 0.05) is 16.6 Å². The SMILES string of the molecule is Cc1cccc(C2/C(=C(/O)c3ccc(Br)c(C)c3)C(=O)C(=O)N2Cc2ccc(F)cc2)c1. The maximum atomic E-state index is 13.4. The molecular weight excluding hydrogens is 473 g/mol. The fourth-order valence-corrected chi connectivity index (χ4v) is 4.21. The lowest BCUT2D eigenvalue weighted by Crippen LogP contribution is -2.29. The van der Waals surface area contributed by atoms with E-state index in [1.165, 1.54) is 17.0 Å². The van der Waals surface area contributed by atoms with Gasteiger partial charge in [-0.05, 0) is 54.8 Å². The number of nitrogens with zero attached hydrogens (tertiary/aromatic N) is 1. The van der Waals surface area contributed by atoms with E-state index in [1.54, 1.807) is 30.3 Å². The summed E-state index contributed by atoms with van der Waals surface area (Å²) in [6, 6.07) is 17.8. The van der Waals surface area contributed by atoms with Crippen LogP contribution in [0.5, 0.6) is 0 Å². The minimum absolute atomic E-state index is 0.0458. The smallest absolute Gasteiger partial charge is 0.295 e. The van der Waals surface area contributed by atoms with Crippen LogP contribution >= 0.6 is 15.9 Å². The quantitative estimate of drug-likeness (QED) is 0.282. The average molecular weight is 494 g/mol. The molecule has 1 amide bonds. The van der Waals surface area contributed by atoms with Gasteiger partial charge in [0.2, 0.25) is 0 Å². The predicted octanol–water partition coefficient (Wildman–Crippen LogP) is 5.83. The van der Waals surface area contributed by atoms with Crippen LogP contribution < -0.4 is 0 Å². The van der Waals surface area contributed by atoms with Crippen molar-refractivity contribution in [2.75, 3.05) is 0 Å². The Labute approximate surface area is 194 Å². The Hall–Kier alpha value is -3.25. The van der Waals surface area contributed by atoms with Gasteiger partial charge in [-0.2, -0.15) is 0 Å². The molecule has 0 bridgehead atoms. The van der Waals surface area contributed by atoms with Gasteiger partial charge in [0.1, 0.15) is 11.6 Å². The highest BCUT2D eigenvalue weighted by atomic mass is 79.9. The van der Waals surface area contributed by atoms with Crippen LogP contribution in [0.4, 0.5) is 4.39 Å². The number of carbonyl (C=O) groups is 2. The largest absolute Gasteiger partial charge is 0.507 e. The normalized spacial score (nSPS) is 17.8. The van der Waals surface area contributed by atoms with Crippen LogP contribution in [0.2, 0.25) is 0 Å². The molecule has 6 heteroatoms. The van der Waals surface area contributed by atoms with E-state index in [9.17, 15) is 19.1 Å². The van der Waals surface area contributed by atoms with E-state index < -0.39 is 17.7 Å². The molecule has 1 heterocycles. The summed E-state index contributed by atoms with van der Waals surface area (Å²) in [5.41, 5.74) is 3.77. The van der Waals surface area contributed by atoms with Gasteiger partial charge in [0.25, 0.3) is 11.7 Å². The zero-order chi connectivity index (χ0) is 23.0. The Morgan fingerprint density at radius 1 is 1.03 bits per heavy atom. The minimum Gasteiger partial charge on any atom is -0.507 e. The van der Waals surface area contributed by atoms with Gasteiger partial charge in [-0.25, -0.2) is 4.39 Å². The first-order chi connectivity index (χ1) is 15.3. The summed E-state index contributed by atoms with van der Waals surface area (Å²) >= 11 is 3.44. The summed E-state index contributed by atoms with van der Waals surface area (Å²) in [4.78, 5) is 27.6. The molecule has 162 valence electrons. The lowest BCUT2D eigenvalue weighted by Gasteiger charge is -2.25. The number of halogens is 2. The number of likely N-dealkylation sites (tertiary alicyclic amines) is 1. The molecule has 0 aromatic heterocycles. The van der Waals surface area contributed by atoms with Crippen LogP contribution in [-0.4, -0.2) is 21.7 Å². The van der Waals surface area contributed by atoms with E-state index >= 15 is 0 Å². The zero-order valence-corrected chi connectivity index (χ0v) is 19.2. The van der Waals surface area contributed by atoms with Crippen molar-refractivity contribution >= 4 is 33.4 Å². The van der Waals surface area contributed by atoms with Crippen LogP contribution in [0, 0.1) is 19.7 Å². The maximum absolute atomic E-state index is 13.4. The van der Waals surface area contributed by atoms with Gasteiger partial charge in [0.05, 0.1) is 11.6 Å². The highest BCUT2D eigenvalue weighted by molar-refractivity contribution is 9.10.